The minimum Gasteiger partial charge on any atom is -0.348 e. The molecule has 0 spiro atoms. The first-order chi connectivity index (χ1) is 8.99. The number of rotatable bonds is 6. The maximum Gasteiger partial charge on any atom is 0.252 e. The van der Waals surface area contributed by atoms with E-state index in [0.29, 0.717) is 10.1 Å². The van der Waals surface area contributed by atoms with Gasteiger partial charge in [-0.1, -0.05) is 19.8 Å². The van der Waals surface area contributed by atoms with Crippen molar-refractivity contribution in [1.82, 2.24) is 5.32 Å². The van der Waals surface area contributed by atoms with E-state index in [0.717, 1.165) is 31.4 Å². The summed E-state index contributed by atoms with van der Waals surface area (Å²) in [5.41, 5.74) is 5.72. The van der Waals surface area contributed by atoms with E-state index in [4.69, 9.17) is 5.73 Å². The molecular formula is C13H18ClF2IN2O. The van der Waals surface area contributed by atoms with Crippen LogP contribution in [-0.2, 0) is 0 Å². The highest BCUT2D eigenvalue weighted by atomic mass is 127. The lowest BCUT2D eigenvalue weighted by Gasteiger charge is -2.17. The van der Waals surface area contributed by atoms with Crippen LogP contribution in [0.25, 0.3) is 0 Å². The number of nitrogens with two attached hydrogens (primary N) is 1. The van der Waals surface area contributed by atoms with E-state index in [1.165, 1.54) is 0 Å². The van der Waals surface area contributed by atoms with Crippen molar-refractivity contribution in [1.29, 1.82) is 0 Å². The Morgan fingerprint density at radius 3 is 2.55 bits per heavy atom. The maximum atomic E-state index is 13.2. The zero-order chi connectivity index (χ0) is 14.4. The number of amides is 1. The Hall–Kier alpha value is -0.470. The molecule has 3 nitrogen and oxygen atoms in total. The zero-order valence-corrected chi connectivity index (χ0v) is 14.1. The zero-order valence-electron chi connectivity index (χ0n) is 11.1. The molecule has 0 radical (unpaired) electrons. The normalized spacial score (nSPS) is 11.7. The minimum absolute atomic E-state index is 0. The molecule has 0 aliphatic heterocycles. The fraction of sp³-hybridized carbons (Fsp3) is 0.462. The second-order valence-corrected chi connectivity index (χ2v) is 5.46. The first-order valence-electron chi connectivity index (χ1n) is 6.15. The van der Waals surface area contributed by atoms with Crippen molar-refractivity contribution in [2.75, 3.05) is 6.54 Å². The second kappa shape index (κ2) is 9.46. The molecule has 114 valence electrons. The molecule has 0 aromatic heterocycles. The molecule has 0 fully saturated rings. The van der Waals surface area contributed by atoms with Crippen LogP contribution in [0.2, 0.25) is 0 Å². The van der Waals surface area contributed by atoms with Gasteiger partial charge in [-0.3, -0.25) is 4.79 Å². The molecule has 1 rings (SSSR count). The van der Waals surface area contributed by atoms with Gasteiger partial charge in [0.15, 0.2) is 11.6 Å². The molecule has 0 aliphatic rings. The maximum absolute atomic E-state index is 13.2. The number of hydrogen-bond acceptors (Lipinski definition) is 2. The van der Waals surface area contributed by atoms with Crippen molar-refractivity contribution in [3.8, 4) is 0 Å². The van der Waals surface area contributed by atoms with E-state index >= 15 is 0 Å². The Labute approximate surface area is 137 Å². The van der Waals surface area contributed by atoms with Crippen LogP contribution in [0.15, 0.2) is 12.1 Å². The fourth-order valence-electron chi connectivity index (χ4n) is 1.66. The summed E-state index contributed by atoms with van der Waals surface area (Å²) >= 11 is 1.81. The van der Waals surface area contributed by atoms with Gasteiger partial charge in [0.05, 0.1) is 5.56 Å². The van der Waals surface area contributed by atoms with Crippen molar-refractivity contribution >= 4 is 40.9 Å². The lowest BCUT2D eigenvalue weighted by Crippen LogP contribution is -2.40. The van der Waals surface area contributed by atoms with Gasteiger partial charge in [-0.25, -0.2) is 8.78 Å². The van der Waals surface area contributed by atoms with E-state index in [1.807, 2.05) is 6.92 Å². The van der Waals surface area contributed by atoms with Gasteiger partial charge in [0.2, 0.25) is 0 Å². The van der Waals surface area contributed by atoms with E-state index in [9.17, 15) is 13.6 Å². The summed E-state index contributed by atoms with van der Waals surface area (Å²) in [5, 5.41) is 2.75. The van der Waals surface area contributed by atoms with Gasteiger partial charge in [0.1, 0.15) is 0 Å². The molecular weight excluding hydrogens is 401 g/mol. The molecule has 3 N–H and O–H groups in total. The quantitative estimate of drug-likeness (QED) is 0.550. The highest BCUT2D eigenvalue weighted by Crippen LogP contribution is 2.17. The number of carbonyl (C=O) groups is 1. The third-order valence-electron chi connectivity index (χ3n) is 2.78. The monoisotopic (exact) mass is 418 g/mol. The SMILES string of the molecule is CCCCC(CN)NC(=O)c1cc(F)c(F)cc1I.Cl. The Bertz CT molecular complexity index is 460. The summed E-state index contributed by atoms with van der Waals surface area (Å²) in [6.45, 7) is 2.37. The molecule has 7 heteroatoms. The van der Waals surface area contributed by atoms with E-state index in [-0.39, 0.29) is 24.0 Å². The molecule has 0 saturated heterocycles. The average Bonchev–Trinajstić information content (AvgIpc) is 2.38. The van der Waals surface area contributed by atoms with E-state index in [1.54, 1.807) is 22.6 Å². The van der Waals surface area contributed by atoms with Crippen LogP contribution >= 0.6 is 35.0 Å². The summed E-state index contributed by atoms with van der Waals surface area (Å²) in [7, 11) is 0. The van der Waals surface area contributed by atoms with Crippen LogP contribution < -0.4 is 11.1 Å². The molecule has 0 saturated carbocycles. The van der Waals surface area contributed by atoms with E-state index in [2.05, 4.69) is 5.32 Å². The van der Waals surface area contributed by atoms with Gasteiger partial charge in [0.25, 0.3) is 5.91 Å². The third kappa shape index (κ3) is 5.49. The van der Waals surface area contributed by atoms with Gasteiger partial charge in [0, 0.05) is 16.2 Å². The molecule has 0 bridgehead atoms. The lowest BCUT2D eigenvalue weighted by atomic mass is 10.1. The minimum atomic E-state index is -1.02. The third-order valence-corrected chi connectivity index (χ3v) is 3.67. The predicted molar refractivity (Wildman–Crippen MR) is 86.2 cm³/mol. The average molecular weight is 419 g/mol. The molecule has 1 atom stereocenters. The van der Waals surface area contributed by atoms with Crippen LogP contribution in [0.1, 0.15) is 36.5 Å². The largest absolute Gasteiger partial charge is 0.348 e. The van der Waals surface area contributed by atoms with Crippen molar-refractivity contribution in [2.45, 2.75) is 32.2 Å². The molecule has 1 aromatic carbocycles. The molecule has 0 aliphatic carbocycles. The molecule has 1 amide bonds. The van der Waals surface area contributed by atoms with Gasteiger partial charge < -0.3 is 11.1 Å². The van der Waals surface area contributed by atoms with Crippen LogP contribution in [0.5, 0.6) is 0 Å². The van der Waals surface area contributed by atoms with Crippen LogP contribution in [0.4, 0.5) is 8.78 Å². The van der Waals surface area contributed by atoms with Crippen LogP contribution in [0, 0.1) is 15.2 Å². The summed E-state index contributed by atoms with van der Waals surface area (Å²) in [6.07, 6.45) is 2.74. The summed E-state index contributed by atoms with van der Waals surface area (Å²) in [6, 6.07) is 1.78. The Morgan fingerprint density at radius 1 is 1.40 bits per heavy atom. The van der Waals surface area contributed by atoms with Crippen LogP contribution in [0.3, 0.4) is 0 Å². The number of unbranched alkanes of at least 4 members (excludes halogenated alkanes) is 1. The number of carbonyl (C=O) groups excluding carboxylic acids is 1. The highest BCUT2D eigenvalue weighted by molar-refractivity contribution is 14.1. The number of benzene rings is 1. The lowest BCUT2D eigenvalue weighted by molar-refractivity contribution is 0.0934. The first kappa shape index (κ1) is 19.5. The molecule has 20 heavy (non-hydrogen) atoms. The van der Waals surface area contributed by atoms with Crippen molar-refractivity contribution < 1.29 is 13.6 Å². The van der Waals surface area contributed by atoms with Gasteiger partial charge >= 0.3 is 0 Å². The van der Waals surface area contributed by atoms with Crippen molar-refractivity contribution in [2.24, 2.45) is 5.73 Å². The number of halogens is 4. The van der Waals surface area contributed by atoms with Crippen LogP contribution in [-0.4, -0.2) is 18.5 Å². The fourth-order valence-corrected chi connectivity index (χ4v) is 2.33. The second-order valence-electron chi connectivity index (χ2n) is 4.29. The smallest absolute Gasteiger partial charge is 0.252 e. The summed E-state index contributed by atoms with van der Waals surface area (Å²) < 4.78 is 26.5. The molecule has 1 aromatic rings. The predicted octanol–water partition coefficient (Wildman–Crippen LogP) is 3.24. The first-order valence-corrected chi connectivity index (χ1v) is 7.23. The highest BCUT2D eigenvalue weighted by Gasteiger charge is 2.17. The van der Waals surface area contributed by atoms with Crippen molar-refractivity contribution in [3.63, 3.8) is 0 Å². The number of hydrogen-bond donors (Lipinski definition) is 2. The number of nitrogens with one attached hydrogen (secondary N) is 1. The van der Waals surface area contributed by atoms with Crippen molar-refractivity contribution in [3.05, 3.63) is 32.9 Å². The Kier molecular flexibility index (Phi) is 9.24. The van der Waals surface area contributed by atoms with Gasteiger partial charge in [-0.05, 0) is 41.1 Å². The van der Waals surface area contributed by atoms with Gasteiger partial charge in [-0.15, -0.1) is 12.4 Å². The summed E-state index contributed by atoms with van der Waals surface area (Å²) in [5.74, 6) is -2.40. The topological polar surface area (TPSA) is 55.1 Å². The summed E-state index contributed by atoms with van der Waals surface area (Å²) in [4.78, 5) is 12.0. The molecule has 1 unspecified atom stereocenters. The standard InChI is InChI=1S/C13H17F2IN2O.ClH/c1-2-3-4-8(7-17)18-13(19)9-5-10(14)11(15)6-12(9)16;/h5-6,8H,2-4,7,17H2,1H3,(H,18,19);1H. The Balaban J connectivity index is 0.00000361. The van der Waals surface area contributed by atoms with E-state index < -0.39 is 17.5 Å². The Morgan fingerprint density at radius 2 is 2.00 bits per heavy atom. The molecule has 0 heterocycles. The van der Waals surface area contributed by atoms with Gasteiger partial charge in [-0.2, -0.15) is 0 Å².